The van der Waals surface area contributed by atoms with Crippen LogP contribution in [0.3, 0.4) is 0 Å². The topological polar surface area (TPSA) is 241 Å². The molecule has 19 nitrogen and oxygen atoms in total. The Morgan fingerprint density at radius 1 is 0.672 bits per heavy atom. The smallest absolute Gasteiger partial charge is 0.414 e. The Morgan fingerprint density at radius 2 is 1.12 bits per heavy atom. The van der Waals surface area contributed by atoms with Crippen molar-refractivity contribution in [2.75, 3.05) is 81.6 Å². The lowest BCUT2D eigenvalue weighted by Crippen LogP contribution is -2.50. The molecule has 3 heterocycles. The maximum absolute atomic E-state index is 12.5. The number of ether oxygens (including phenoxy) is 3. The second-order valence-electron chi connectivity index (χ2n) is 16.1. The minimum Gasteiger partial charge on any atom is -0.465 e. The van der Waals surface area contributed by atoms with Crippen molar-refractivity contribution in [2.24, 2.45) is 0 Å². The first kappa shape index (κ1) is 49.4. The molecule has 4 amide bonds. The summed E-state index contributed by atoms with van der Waals surface area (Å²) in [6.07, 6.45) is -1.06. The van der Waals surface area contributed by atoms with Crippen molar-refractivity contribution < 1.29 is 50.8 Å². The Hall–Kier alpha value is -7.00. The van der Waals surface area contributed by atoms with Crippen molar-refractivity contribution in [3.8, 4) is 0 Å². The van der Waals surface area contributed by atoms with Crippen LogP contribution < -0.4 is 20.4 Å². The highest BCUT2D eigenvalue weighted by Gasteiger charge is 2.35. The third-order valence-electron chi connectivity index (χ3n) is 10.8. The van der Waals surface area contributed by atoms with Crippen molar-refractivity contribution in [3.63, 3.8) is 0 Å². The van der Waals surface area contributed by atoms with Gasteiger partial charge >= 0.3 is 18.2 Å². The average Bonchev–Trinajstić information content (AvgIpc) is 3.86. The molecule has 0 radical (unpaired) electrons. The molecule has 67 heavy (non-hydrogen) atoms. The zero-order valence-corrected chi connectivity index (χ0v) is 38.5. The fourth-order valence-corrected chi connectivity index (χ4v) is 7.76. The van der Waals surface area contributed by atoms with E-state index < -0.39 is 28.4 Å². The molecule has 4 N–H and O–H groups in total. The van der Waals surface area contributed by atoms with Crippen LogP contribution in [0.5, 0.6) is 0 Å². The number of carbonyl (C=O) groups is 5. The largest absolute Gasteiger partial charge is 0.465 e. The molecule has 2 unspecified atom stereocenters. The van der Waals surface area contributed by atoms with E-state index in [2.05, 4.69) is 24.6 Å². The Kier molecular flexibility index (Phi) is 16.6. The van der Waals surface area contributed by atoms with Crippen LogP contribution in [0.15, 0.2) is 97.1 Å². The zero-order valence-electron chi connectivity index (χ0n) is 37.7. The Bertz CT molecular complexity index is 2580. The maximum Gasteiger partial charge on any atom is 0.414 e. The van der Waals surface area contributed by atoms with Gasteiger partial charge in [-0.2, -0.15) is 8.42 Å². The van der Waals surface area contributed by atoms with Crippen LogP contribution in [-0.4, -0.2) is 144 Å². The normalized spacial score (nSPS) is 17.4. The van der Waals surface area contributed by atoms with E-state index in [1.54, 1.807) is 96.8 Å². The van der Waals surface area contributed by atoms with E-state index in [-0.39, 0.29) is 48.7 Å². The summed E-state index contributed by atoms with van der Waals surface area (Å²) in [6.45, 7) is 10.3. The first-order valence-electron chi connectivity index (χ1n) is 21.5. The predicted octanol–water partition coefficient (Wildman–Crippen LogP) is 4.31. The summed E-state index contributed by atoms with van der Waals surface area (Å²) >= 11 is 0. The minimum atomic E-state index is -3.63. The van der Waals surface area contributed by atoms with Crippen molar-refractivity contribution in [1.29, 1.82) is 10.8 Å². The van der Waals surface area contributed by atoms with E-state index in [9.17, 15) is 32.4 Å². The summed E-state index contributed by atoms with van der Waals surface area (Å²) in [7, 11) is -3.63. The summed E-state index contributed by atoms with van der Waals surface area (Å²) in [6, 6.07) is 27.6. The number of hydrogen-bond acceptors (Lipinski definition) is 15. The van der Waals surface area contributed by atoms with Crippen LogP contribution in [0.4, 0.5) is 21.0 Å². The number of hydrogen-bond donors (Lipinski definition) is 4. The van der Waals surface area contributed by atoms with E-state index >= 15 is 0 Å². The third kappa shape index (κ3) is 14.2. The van der Waals surface area contributed by atoms with Crippen LogP contribution in [0.1, 0.15) is 49.9 Å². The van der Waals surface area contributed by atoms with Gasteiger partial charge in [-0.1, -0.05) is 35.4 Å². The molecule has 4 aromatic carbocycles. The van der Waals surface area contributed by atoms with Crippen molar-refractivity contribution >= 4 is 63.1 Å². The number of aryl methyl sites for hydroxylation is 2. The molecule has 3 aliphatic heterocycles. The summed E-state index contributed by atoms with van der Waals surface area (Å²) in [4.78, 5) is 68.3. The van der Waals surface area contributed by atoms with Gasteiger partial charge in [0.25, 0.3) is 21.9 Å². The van der Waals surface area contributed by atoms with Crippen molar-refractivity contribution in [2.45, 2.75) is 33.0 Å². The lowest BCUT2D eigenvalue weighted by atomic mass is 10.1. The van der Waals surface area contributed by atoms with Crippen molar-refractivity contribution in [1.82, 2.24) is 20.4 Å². The van der Waals surface area contributed by atoms with E-state index in [1.807, 2.05) is 26.0 Å². The molecule has 7 rings (SSSR count). The number of piperazine rings is 1. The lowest BCUT2D eigenvalue weighted by molar-refractivity contribution is -0.144. The van der Waals surface area contributed by atoms with Gasteiger partial charge < -0.3 is 24.8 Å². The van der Waals surface area contributed by atoms with Gasteiger partial charge in [-0.3, -0.25) is 49.0 Å². The molecule has 354 valence electrons. The molecule has 0 bridgehead atoms. The molecule has 0 aromatic heterocycles. The van der Waals surface area contributed by atoms with Gasteiger partial charge in [0.15, 0.2) is 0 Å². The predicted molar refractivity (Wildman–Crippen MR) is 249 cm³/mol. The highest BCUT2D eigenvalue weighted by Crippen LogP contribution is 2.24. The number of esters is 1. The van der Waals surface area contributed by atoms with Crippen LogP contribution >= 0.6 is 0 Å². The van der Waals surface area contributed by atoms with Gasteiger partial charge in [-0.05, 0) is 93.6 Å². The summed E-state index contributed by atoms with van der Waals surface area (Å²) < 4.78 is 42.6. The number of nitrogens with zero attached hydrogens (tertiary/aromatic N) is 4. The first-order valence-corrected chi connectivity index (χ1v) is 23.3. The monoisotopic (exact) mass is 938 g/mol. The van der Waals surface area contributed by atoms with Gasteiger partial charge in [0.2, 0.25) is 0 Å². The van der Waals surface area contributed by atoms with E-state index in [1.165, 1.54) is 4.90 Å². The number of anilines is 2. The number of rotatable bonds is 14. The SMILES string of the molecule is CCOC(=O)CN1CCN(CC2CN(c3ccc(C(=N)NC(=O)c4cccc(C)c4)cc3)C(=O)O2)CC1.Cc1cccc(C(=O)NC(=N)c2ccc(N3CC(COS(C)(=O)=O)OC3=O)cc2)c1. The van der Waals surface area contributed by atoms with Crippen LogP contribution in [-0.2, 0) is 33.3 Å². The quantitative estimate of drug-likeness (QED) is 0.0454. The highest BCUT2D eigenvalue weighted by atomic mass is 32.2. The second kappa shape index (κ2) is 22.5. The summed E-state index contributed by atoms with van der Waals surface area (Å²) in [5, 5.41) is 21.5. The maximum atomic E-state index is 12.5. The van der Waals surface area contributed by atoms with Gasteiger partial charge in [0.1, 0.15) is 30.5 Å². The number of carbonyl (C=O) groups excluding carboxylic acids is 5. The first-order chi connectivity index (χ1) is 31.9. The number of nitrogens with one attached hydrogen (secondary N) is 4. The van der Waals surface area contributed by atoms with Gasteiger partial charge in [-0.15, -0.1) is 0 Å². The van der Waals surface area contributed by atoms with E-state index in [0.29, 0.717) is 59.9 Å². The van der Waals surface area contributed by atoms with Crippen LogP contribution in [0.2, 0.25) is 0 Å². The van der Waals surface area contributed by atoms with Gasteiger partial charge in [0, 0.05) is 66.4 Å². The van der Waals surface area contributed by atoms with Crippen LogP contribution in [0, 0.1) is 24.7 Å². The summed E-state index contributed by atoms with van der Waals surface area (Å²) in [5.41, 5.74) is 5.05. The molecule has 3 saturated heterocycles. The third-order valence-corrected chi connectivity index (χ3v) is 11.3. The molecular weight excluding hydrogens is 885 g/mol. The standard InChI is InChI=1S/C27H33N5O5.C20H21N3O6S/c1-3-36-24(33)18-31-13-11-30(12-14-31)16-23-17-32(27(35)37-23)22-9-7-20(8-10-22)25(28)29-26(34)21-6-4-5-19(2)15-21;1-13-4-3-5-15(10-13)19(24)22-18(21)14-6-8-16(9-7-14)23-11-17(29-20(23)25)12-28-30(2,26)27/h4-10,15,23H,3,11-14,16-18H2,1-2H3,(H2,28,29,34);3-10,17H,11-12H2,1-2H3,(H2,21,22,24). The Morgan fingerprint density at radius 3 is 1.57 bits per heavy atom. The molecule has 3 aliphatic rings. The fraction of sp³-hybridized carbons (Fsp3) is 0.340. The number of amides is 4. The molecule has 0 spiro atoms. The van der Waals surface area contributed by atoms with E-state index in [0.717, 1.165) is 43.6 Å². The van der Waals surface area contributed by atoms with Gasteiger partial charge in [0.05, 0.1) is 32.5 Å². The second-order valence-corrected chi connectivity index (χ2v) is 17.7. The number of benzene rings is 4. The van der Waals surface area contributed by atoms with E-state index in [4.69, 9.17) is 25.0 Å². The molecular formula is C47H54N8O11S. The lowest BCUT2D eigenvalue weighted by Gasteiger charge is -2.34. The summed E-state index contributed by atoms with van der Waals surface area (Å²) in [5.74, 6) is -1.01. The zero-order chi connectivity index (χ0) is 48.3. The molecule has 3 fully saturated rings. The van der Waals surface area contributed by atoms with Gasteiger partial charge in [-0.25, -0.2) is 9.59 Å². The molecule has 20 heteroatoms. The Balaban J connectivity index is 0.000000226. The fourth-order valence-electron chi connectivity index (χ4n) is 7.36. The van der Waals surface area contributed by atoms with Crippen LogP contribution in [0.25, 0.3) is 0 Å². The molecule has 4 aromatic rings. The highest BCUT2D eigenvalue weighted by molar-refractivity contribution is 7.86. The number of cyclic esters (lactones) is 2. The average molecular weight is 939 g/mol. The molecule has 0 saturated carbocycles. The Labute approximate surface area is 389 Å². The molecule has 0 aliphatic carbocycles. The minimum absolute atomic E-state index is 0.0120. The number of amidine groups is 2. The van der Waals surface area contributed by atoms with Crippen molar-refractivity contribution in [3.05, 3.63) is 130 Å². The molecule has 2 atom stereocenters.